The lowest BCUT2D eigenvalue weighted by molar-refractivity contribution is 0.565. The Morgan fingerprint density at radius 3 is 2.43 bits per heavy atom. The van der Waals surface area contributed by atoms with Gasteiger partial charge in [0.05, 0.1) is 0 Å². The predicted octanol–water partition coefficient (Wildman–Crippen LogP) is 1.06. The van der Waals surface area contributed by atoms with Gasteiger partial charge in [-0.25, -0.2) is 0 Å². The Balaban J connectivity index is 3.58. The van der Waals surface area contributed by atoms with E-state index in [0.717, 1.165) is 0 Å². The first-order valence-corrected chi connectivity index (χ1v) is 5.31. The first kappa shape index (κ1) is 7.21. The molecule has 1 atom stereocenters. The normalized spacial score (nSPS) is 18.1. The van der Waals surface area contributed by atoms with Gasteiger partial charge in [-0.1, -0.05) is 5.70 Å². The van der Waals surface area contributed by atoms with Crippen LogP contribution in [0.5, 0.6) is 0 Å². The van der Waals surface area contributed by atoms with Gasteiger partial charge in [0.25, 0.3) is 0 Å². The molecule has 3 heteroatoms. The van der Waals surface area contributed by atoms with E-state index in [0.29, 0.717) is 5.50 Å². The Labute approximate surface area is 49.7 Å². The fourth-order valence-electron chi connectivity index (χ4n) is 0.0546. The van der Waals surface area contributed by atoms with E-state index in [9.17, 15) is 0 Å². The zero-order valence-corrected chi connectivity index (χ0v) is 6.07. The van der Waals surface area contributed by atoms with Gasteiger partial charge in [-0.3, -0.25) is 0 Å². The van der Waals surface area contributed by atoms with Crippen LogP contribution >= 0.6 is 11.6 Å². The maximum Gasteiger partial charge on any atom is 0.223 e. The molecule has 1 unspecified atom stereocenters. The van der Waals surface area contributed by atoms with Gasteiger partial charge < -0.3 is 4.80 Å². The Bertz CT molecular complexity index is 72.1. The van der Waals surface area contributed by atoms with E-state index in [1.807, 2.05) is 0 Å². The summed E-state index contributed by atoms with van der Waals surface area (Å²) in [6, 6.07) is 0. The molecule has 0 saturated heterocycles. The molecule has 0 aromatic carbocycles. The zero-order chi connectivity index (χ0) is 5.91. The van der Waals surface area contributed by atoms with E-state index < -0.39 is 8.32 Å². The molecule has 0 bridgehead atoms. The minimum Gasteiger partial charge on any atom is -0.427 e. The highest BCUT2D eigenvalue weighted by atomic mass is 35.5. The third-order valence-corrected chi connectivity index (χ3v) is 3.75. The molecule has 0 fully saturated rings. The van der Waals surface area contributed by atoms with Crippen molar-refractivity contribution in [1.29, 1.82) is 0 Å². The average molecular weight is 137 g/mol. The lowest BCUT2D eigenvalue weighted by Crippen LogP contribution is -2.29. The number of hydrogen-bond donors (Lipinski definition) is 1. The van der Waals surface area contributed by atoms with Crippen molar-refractivity contribution in [3.8, 4) is 0 Å². The van der Waals surface area contributed by atoms with E-state index in [2.05, 4.69) is 6.58 Å². The monoisotopic (exact) mass is 136 g/mol. The minimum absolute atomic E-state index is 0.344. The molecule has 0 rings (SSSR count). The Kier molecular flexibility index (Phi) is 2.57. The summed E-state index contributed by atoms with van der Waals surface area (Å²) in [5, 5.41) is 0. The maximum absolute atomic E-state index is 9.02. The van der Waals surface area contributed by atoms with Crippen molar-refractivity contribution < 1.29 is 4.80 Å². The average Bonchev–Trinajstić information content (AvgIpc) is 1.68. The summed E-state index contributed by atoms with van der Waals surface area (Å²) in [6.07, 6.45) is 0. The topological polar surface area (TPSA) is 20.2 Å². The van der Waals surface area contributed by atoms with Crippen LogP contribution in [0.25, 0.3) is 0 Å². The molecule has 7 heavy (non-hydrogen) atoms. The summed E-state index contributed by atoms with van der Waals surface area (Å²) in [6.45, 7) is 5.17. The quantitative estimate of drug-likeness (QED) is 0.445. The lowest BCUT2D eigenvalue weighted by Gasteiger charge is -2.07. The van der Waals surface area contributed by atoms with Crippen molar-refractivity contribution in [3.05, 3.63) is 12.3 Å². The van der Waals surface area contributed by atoms with E-state index in [4.69, 9.17) is 16.4 Å². The fraction of sp³-hybridized carbons (Fsp3) is 0.500. The molecule has 42 valence electrons. The van der Waals surface area contributed by atoms with Crippen LogP contribution < -0.4 is 0 Å². The highest BCUT2D eigenvalue weighted by Gasteiger charge is 2.16. The molecule has 1 N–H and O–H groups in total. The van der Waals surface area contributed by atoms with Gasteiger partial charge >= 0.3 is 0 Å². The summed E-state index contributed by atoms with van der Waals surface area (Å²) >= 11 is 5.33. The van der Waals surface area contributed by atoms with Gasteiger partial charge in [0.15, 0.2) is 0 Å². The summed E-state index contributed by atoms with van der Waals surface area (Å²) < 4.78 is 0. The van der Waals surface area contributed by atoms with E-state index in [1.165, 1.54) is 0 Å². The summed E-state index contributed by atoms with van der Waals surface area (Å²) in [4.78, 5) is 9.02. The van der Waals surface area contributed by atoms with Crippen LogP contribution in [0, 0.1) is 0 Å². The minimum atomic E-state index is -2.12. The van der Waals surface area contributed by atoms with Crippen LogP contribution in [-0.2, 0) is 0 Å². The molecule has 0 aliphatic heterocycles. The van der Waals surface area contributed by atoms with Crippen LogP contribution in [0.3, 0.4) is 0 Å². The number of rotatable bonds is 2. The third-order valence-electron chi connectivity index (χ3n) is 0.710. The highest BCUT2D eigenvalue weighted by Crippen LogP contribution is 1.98. The van der Waals surface area contributed by atoms with Crippen molar-refractivity contribution in [3.63, 3.8) is 0 Å². The van der Waals surface area contributed by atoms with Crippen LogP contribution in [0.15, 0.2) is 12.3 Å². The van der Waals surface area contributed by atoms with Gasteiger partial charge in [0.2, 0.25) is 8.32 Å². The van der Waals surface area contributed by atoms with Gasteiger partial charge in [-0.05, 0) is 6.55 Å². The Hall–Kier alpha value is 0.207. The van der Waals surface area contributed by atoms with Crippen LogP contribution in [0.2, 0.25) is 6.55 Å². The fourth-order valence-corrected chi connectivity index (χ4v) is 0.491. The third kappa shape index (κ3) is 2.85. The molecule has 0 saturated carbocycles. The van der Waals surface area contributed by atoms with Crippen molar-refractivity contribution in [2.24, 2.45) is 0 Å². The number of halogens is 1. The molecule has 0 aliphatic carbocycles. The van der Waals surface area contributed by atoms with Crippen LogP contribution in [-0.4, -0.2) is 18.6 Å². The van der Waals surface area contributed by atoms with Gasteiger partial charge in [0, 0.05) is 5.50 Å². The van der Waals surface area contributed by atoms with Crippen molar-refractivity contribution in [2.45, 2.75) is 6.55 Å². The number of hydrogen-bond acceptors (Lipinski definition) is 1. The largest absolute Gasteiger partial charge is 0.427 e. The van der Waals surface area contributed by atoms with E-state index in [1.54, 1.807) is 12.2 Å². The molecule has 0 radical (unpaired) electrons. The molecule has 1 nitrogen and oxygen atoms in total. The smallest absolute Gasteiger partial charge is 0.223 e. The first-order valence-electron chi connectivity index (χ1n) is 2.04. The van der Waals surface area contributed by atoms with Crippen LogP contribution in [0.1, 0.15) is 0 Å². The zero-order valence-electron chi connectivity index (χ0n) is 4.32. The summed E-state index contributed by atoms with van der Waals surface area (Å²) in [5.41, 5.74) is 1.90. The van der Waals surface area contributed by atoms with Crippen molar-refractivity contribution >= 4 is 19.9 Å². The molecule has 0 spiro atoms. The van der Waals surface area contributed by atoms with E-state index >= 15 is 0 Å². The summed E-state index contributed by atoms with van der Waals surface area (Å²) in [7, 11) is -2.12. The highest BCUT2D eigenvalue weighted by molar-refractivity contribution is 6.81. The van der Waals surface area contributed by atoms with Crippen molar-refractivity contribution in [1.82, 2.24) is 0 Å². The SMILES string of the molecule is C=C[Si](C)(O)CCl. The summed E-state index contributed by atoms with van der Waals surface area (Å²) in [5.74, 6) is 0. The molecule has 0 aromatic heterocycles. The molecular formula is C4H9ClOSi. The molecule has 0 aliphatic rings. The maximum atomic E-state index is 9.02. The predicted molar refractivity (Wildman–Crippen MR) is 34.8 cm³/mol. The van der Waals surface area contributed by atoms with Gasteiger partial charge in [-0.15, -0.1) is 18.2 Å². The molecule has 0 amide bonds. The van der Waals surface area contributed by atoms with Gasteiger partial charge in [0.1, 0.15) is 0 Å². The van der Waals surface area contributed by atoms with E-state index in [-0.39, 0.29) is 0 Å². The second-order valence-electron chi connectivity index (χ2n) is 1.69. The first-order chi connectivity index (χ1) is 3.12. The molecule has 0 aromatic rings. The Morgan fingerprint density at radius 2 is 2.43 bits per heavy atom. The van der Waals surface area contributed by atoms with Gasteiger partial charge in [-0.2, -0.15) is 0 Å². The van der Waals surface area contributed by atoms with Crippen LogP contribution in [0.4, 0.5) is 0 Å². The van der Waals surface area contributed by atoms with Crippen molar-refractivity contribution in [2.75, 3.05) is 5.50 Å². The second kappa shape index (κ2) is 2.50. The number of alkyl halides is 1. The Morgan fingerprint density at radius 1 is 2.00 bits per heavy atom. The standard InChI is InChI=1S/C4H9ClOSi/c1-3-7(2,6)4-5/h3,6H,1,4H2,2H3. The second-order valence-corrected chi connectivity index (χ2v) is 5.89. The lowest BCUT2D eigenvalue weighted by atomic mass is 11.3. The molecule has 0 heterocycles. The molecular weight excluding hydrogens is 128 g/mol.